The van der Waals surface area contributed by atoms with Crippen LogP contribution in [0.15, 0.2) is 30.3 Å². The first-order valence-electron chi connectivity index (χ1n) is 8.70. The number of nitrogens with one attached hydrogen (secondary N) is 2. The maximum atomic E-state index is 12.6. The predicted molar refractivity (Wildman–Crippen MR) is 94.4 cm³/mol. The average molecular weight is 396 g/mol. The number of halogens is 3. The van der Waals surface area contributed by atoms with Gasteiger partial charge in [-0.2, -0.15) is 13.2 Å². The van der Waals surface area contributed by atoms with Gasteiger partial charge in [-0.3, -0.25) is 14.4 Å². The van der Waals surface area contributed by atoms with Crippen LogP contribution in [0.5, 0.6) is 0 Å². The van der Waals surface area contributed by atoms with Crippen LogP contribution in [0.1, 0.15) is 17.4 Å². The molecule has 0 saturated carbocycles. The molecule has 2 N–H and O–H groups in total. The summed E-state index contributed by atoms with van der Waals surface area (Å²) < 4.78 is 37.5. The van der Waals surface area contributed by atoms with E-state index in [2.05, 4.69) is 4.98 Å². The van der Waals surface area contributed by atoms with Crippen molar-refractivity contribution in [2.24, 2.45) is 0 Å². The Kier molecular flexibility index (Phi) is 5.30. The lowest BCUT2D eigenvalue weighted by Gasteiger charge is -2.34. The standard InChI is InChI=1S/C18H19F3N4O3/c1-11(18(19,20)21)22-15(26)17(28)25-8-6-24(7-9-25)16(27)14-10-12-4-2-3-5-13(12)23-14/h2-5,10-11,23H,6-9H2,1H3,(H,22,26). The Hall–Kier alpha value is -3.04. The zero-order valence-electron chi connectivity index (χ0n) is 15.0. The molecule has 3 rings (SSSR count). The lowest BCUT2D eigenvalue weighted by atomic mass is 10.2. The minimum Gasteiger partial charge on any atom is -0.351 e. The van der Waals surface area contributed by atoms with E-state index in [9.17, 15) is 27.6 Å². The monoisotopic (exact) mass is 396 g/mol. The molecule has 1 aromatic heterocycles. The van der Waals surface area contributed by atoms with E-state index in [1.54, 1.807) is 11.4 Å². The number of aromatic nitrogens is 1. The third-order valence-electron chi connectivity index (χ3n) is 4.65. The molecule has 1 aromatic carbocycles. The van der Waals surface area contributed by atoms with Crippen molar-refractivity contribution in [3.8, 4) is 0 Å². The van der Waals surface area contributed by atoms with E-state index in [0.29, 0.717) is 5.69 Å². The number of nitrogens with zero attached hydrogens (tertiary/aromatic N) is 2. The van der Waals surface area contributed by atoms with Gasteiger partial charge in [-0.15, -0.1) is 0 Å². The number of carbonyl (C=O) groups excluding carboxylic acids is 3. The molecular weight excluding hydrogens is 377 g/mol. The second kappa shape index (κ2) is 7.53. The van der Waals surface area contributed by atoms with Crippen molar-refractivity contribution >= 4 is 28.6 Å². The number of para-hydroxylation sites is 1. The van der Waals surface area contributed by atoms with Crippen molar-refractivity contribution in [3.05, 3.63) is 36.0 Å². The van der Waals surface area contributed by atoms with Crippen molar-refractivity contribution in [2.75, 3.05) is 26.2 Å². The Bertz CT molecular complexity index is 868. The molecule has 0 aliphatic carbocycles. The lowest BCUT2D eigenvalue weighted by molar-refractivity contribution is -0.162. The number of carbonyl (C=O) groups is 3. The van der Waals surface area contributed by atoms with Crippen LogP contribution in [-0.4, -0.2) is 70.9 Å². The summed E-state index contributed by atoms with van der Waals surface area (Å²) in [5.41, 5.74) is 1.24. The molecule has 28 heavy (non-hydrogen) atoms. The van der Waals surface area contributed by atoms with E-state index in [1.165, 1.54) is 4.90 Å². The molecule has 3 amide bonds. The van der Waals surface area contributed by atoms with E-state index in [4.69, 9.17) is 0 Å². The summed E-state index contributed by atoms with van der Waals surface area (Å²) in [4.78, 5) is 42.1. The molecule has 1 aliphatic rings. The maximum Gasteiger partial charge on any atom is 0.408 e. The molecule has 0 radical (unpaired) electrons. The number of hydrogen-bond donors (Lipinski definition) is 2. The quantitative estimate of drug-likeness (QED) is 0.755. The van der Waals surface area contributed by atoms with Gasteiger partial charge in [-0.25, -0.2) is 0 Å². The fourth-order valence-corrected chi connectivity index (χ4v) is 2.96. The van der Waals surface area contributed by atoms with Gasteiger partial charge in [0.1, 0.15) is 11.7 Å². The van der Waals surface area contributed by atoms with Crippen LogP contribution >= 0.6 is 0 Å². The third kappa shape index (κ3) is 4.10. The summed E-state index contributed by atoms with van der Waals surface area (Å²) in [5.74, 6) is -2.58. The van der Waals surface area contributed by atoms with Gasteiger partial charge in [0.25, 0.3) is 5.91 Å². The molecule has 0 bridgehead atoms. The van der Waals surface area contributed by atoms with Crippen molar-refractivity contribution in [3.63, 3.8) is 0 Å². The van der Waals surface area contributed by atoms with E-state index in [0.717, 1.165) is 22.7 Å². The molecule has 0 spiro atoms. The van der Waals surface area contributed by atoms with E-state index >= 15 is 0 Å². The van der Waals surface area contributed by atoms with Gasteiger partial charge >= 0.3 is 18.0 Å². The molecule has 7 nitrogen and oxygen atoms in total. The van der Waals surface area contributed by atoms with Crippen molar-refractivity contribution in [1.82, 2.24) is 20.1 Å². The summed E-state index contributed by atoms with van der Waals surface area (Å²) in [7, 11) is 0. The van der Waals surface area contributed by atoms with E-state index < -0.39 is 24.0 Å². The van der Waals surface area contributed by atoms with Crippen LogP contribution in [0.2, 0.25) is 0 Å². The van der Waals surface area contributed by atoms with Crippen LogP contribution in [0.25, 0.3) is 10.9 Å². The number of amides is 3. The molecule has 1 unspecified atom stereocenters. The molecule has 1 fully saturated rings. The Morgan fingerprint density at radius 2 is 1.68 bits per heavy atom. The number of alkyl halides is 3. The number of rotatable bonds is 2. The summed E-state index contributed by atoms with van der Waals surface area (Å²) >= 11 is 0. The first kappa shape index (κ1) is 19.7. The van der Waals surface area contributed by atoms with Crippen molar-refractivity contribution < 1.29 is 27.6 Å². The largest absolute Gasteiger partial charge is 0.408 e. The van der Waals surface area contributed by atoms with E-state index in [-0.39, 0.29) is 32.1 Å². The van der Waals surface area contributed by atoms with Gasteiger partial charge in [0.05, 0.1) is 0 Å². The predicted octanol–water partition coefficient (Wildman–Crippen LogP) is 1.52. The SMILES string of the molecule is CC(NC(=O)C(=O)N1CCN(C(=O)c2cc3ccccc3[nH]2)CC1)C(F)(F)F. The molecule has 1 atom stereocenters. The number of benzene rings is 1. The van der Waals surface area contributed by atoms with Crippen LogP contribution in [-0.2, 0) is 9.59 Å². The average Bonchev–Trinajstić information content (AvgIpc) is 3.10. The van der Waals surface area contributed by atoms with Gasteiger partial charge in [-0.05, 0) is 19.1 Å². The fourth-order valence-electron chi connectivity index (χ4n) is 2.96. The summed E-state index contributed by atoms with van der Waals surface area (Å²) in [6.07, 6.45) is -4.62. The molecule has 150 valence electrons. The minimum absolute atomic E-state index is 0.0681. The third-order valence-corrected chi connectivity index (χ3v) is 4.65. The van der Waals surface area contributed by atoms with Gasteiger partial charge in [0.15, 0.2) is 0 Å². The molecule has 2 heterocycles. The Morgan fingerprint density at radius 3 is 2.29 bits per heavy atom. The second-order valence-electron chi connectivity index (χ2n) is 6.59. The molecule has 2 aromatic rings. The second-order valence-corrected chi connectivity index (χ2v) is 6.59. The smallest absolute Gasteiger partial charge is 0.351 e. The summed E-state index contributed by atoms with van der Waals surface area (Å²) in [6, 6.07) is 7.06. The Labute approximate surface area is 158 Å². The van der Waals surface area contributed by atoms with Crippen LogP contribution in [0, 0.1) is 0 Å². The topological polar surface area (TPSA) is 85.5 Å². The highest BCUT2D eigenvalue weighted by atomic mass is 19.4. The number of H-pyrrole nitrogens is 1. The zero-order valence-corrected chi connectivity index (χ0v) is 15.0. The molecule has 10 heteroatoms. The fraction of sp³-hybridized carbons (Fsp3) is 0.389. The minimum atomic E-state index is -4.62. The Morgan fingerprint density at radius 1 is 1.07 bits per heavy atom. The number of aromatic amines is 1. The van der Waals surface area contributed by atoms with Crippen LogP contribution < -0.4 is 5.32 Å². The highest BCUT2D eigenvalue weighted by Gasteiger charge is 2.39. The number of hydrogen-bond acceptors (Lipinski definition) is 3. The summed E-state index contributed by atoms with van der Waals surface area (Å²) in [6.45, 7) is 1.27. The highest BCUT2D eigenvalue weighted by molar-refractivity contribution is 6.35. The van der Waals surface area contributed by atoms with Gasteiger partial charge in [0, 0.05) is 37.1 Å². The number of fused-ring (bicyclic) bond motifs is 1. The van der Waals surface area contributed by atoms with Gasteiger partial charge in [0.2, 0.25) is 0 Å². The Balaban J connectivity index is 1.57. The maximum absolute atomic E-state index is 12.6. The molecule has 1 saturated heterocycles. The zero-order chi connectivity index (χ0) is 20.5. The van der Waals surface area contributed by atoms with Crippen LogP contribution in [0.3, 0.4) is 0 Å². The van der Waals surface area contributed by atoms with E-state index in [1.807, 2.05) is 24.3 Å². The molecule has 1 aliphatic heterocycles. The first-order chi connectivity index (χ1) is 13.2. The van der Waals surface area contributed by atoms with Gasteiger partial charge < -0.3 is 20.1 Å². The first-order valence-corrected chi connectivity index (χ1v) is 8.70. The van der Waals surface area contributed by atoms with Gasteiger partial charge in [-0.1, -0.05) is 18.2 Å². The van der Waals surface area contributed by atoms with Crippen LogP contribution in [0.4, 0.5) is 13.2 Å². The summed E-state index contributed by atoms with van der Waals surface area (Å²) in [5, 5.41) is 2.55. The lowest BCUT2D eigenvalue weighted by Crippen LogP contribution is -2.55. The van der Waals surface area contributed by atoms with Crippen molar-refractivity contribution in [2.45, 2.75) is 19.1 Å². The normalized spacial score (nSPS) is 16.1. The van der Waals surface area contributed by atoms with Crippen molar-refractivity contribution in [1.29, 1.82) is 0 Å². The molecular formula is C18H19F3N4O3. The number of piperazine rings is 1. The highest BCUT2D eigenvalue weighted by Crippen LogP contribution is 2.20.